The molecule has 2 rings (SSSR count). The van der Waals surface area contributed by atoms with Crippen molar-refractivity contribution in [3.8, 4) is 0 Å². The highest BCUT2D eigenvalue weighted by molar-refractivity contribution is 4.89. The molecule has 0 bridgehead atoms. The standard InChI is InChI=1S/C15H28N4O/c1-3-7-15-17-14(18-20-15)12-19-10-6-5-8-13(19)11-16-9-4-2/h13,16H,3-12H2,1-2H3. The summed E-state index contributed by atoms with van der Waals surface area (Å²) in [4.78, 5) is 6.99. The molecule has 1 aromatic heterocycles. The van der Waals surface area contributed by atoms with Crippen molar-refractivity contribution in [1.82, 2.24) is 20.4 Å². The molecule has 0 radical (unpaired) electrons. The lowest BCUT2D eigenvalue weighted by molar-refractivity contribution is 0.133. The first-order valence-electron chi connectivity index (χ1n) is 8.09. The van der Waals surface area contributed by atoms with Crippen molar-refractivity contribution in [1.29, 1.82) is 0 Å². The van der Waals surface area contributed by atoms with Crippen LogP contribution in [0.15, 0.2) is 4.52 Å². The van der Waals surface area contributed by atoms with Crippen LogP contribution in [0.3, 0.4) is 0 Å². The van der Waals surface area contributed by atoms with E-state index in [9.17, 15) is 0 Å². The number of aromatic nitrogens is 2. The van der Waals surface area contributed by atoms with Crippen LogP contribution in [0.25, 0.3) is 0 Å². The number of nitrogens with zero attached hydrogens (tertiary/aromatic N) is 3. The van der Waals surface area contributed by atoms with Crippen LogP contribution in [0.5, 0.6) is 0 Å². The average Bonchev–Trinajstić information content (AvgIpc) is 2.89. The third-order valence-electron chi connectivity index (χ3n) is 3.87. The Kier molecular flexibility index (Phi) is 6.47. The van der Waals surface area contributed by atoms with Crippen molar-refractivity contribution in [3.05, 3.63) is 11.7 Å². The van der Waals surface area contributed by atoms with E-state index in [0.717, 1.165) is 50.7 Å². The van der Waals surface area contributed by atoms with Crippen molar-refractivity contribution in [2.24, 2.45) is 0 Å². The molecule has 0 spiro atoms. The normalized spacial score (nSPS) is 20.4. The van der Waals surface area contributed by atoms with E-state index in [0.29, 0.717) is 6.04 Å². The highest BCUT2D eigenvalue weighted by Crippen LogP contribution is 2.18. The second-order valence-corrected chi connectivity index (χ2v) is 5.68. The molecule has 0 saturated carbocycles. The summed E-state index contributed by atoms with van der Waals surface area (Å²) < 4.78 is 5.28. The van der Waals surface area contributed by atoms with Crippen molar-refractivity contribution in [2.75, 3.05) is 19.6 Å². The number of aryl methyl sites for hydroxylation is 1. The molecule has 0 amide bonds. The van der Waals surface area contributed by atoms with Crippen LogP contribution in [0, 0.1) is 0 Å². The lowest BCUT2D eigenvalue weighted by atomic mass is 10.0. The summed E-state index contributed by atoms with van der Waals surface area (Å²) in [6.45, 7) is 8.49. The van der Waals surface area contributed by atoms with Crippen LogP contribution in [0.2, 0.25) is 0 Å². The van der Waals surface area contributed by atoms with Gasteiger partial charge in [0.05, 0.1) is 6.54 Å². The molecule has 114 valence electrons. The van der Waals surface area contributed by atoms with Gasteiger partial charge in [-0.2, -0.15) is 4.98 Å². The minimum Gasteiger partial charge on any atom is -0.339 e. The Bertz CT molecular complexity index is 380. The SMILES string of the molecule is CCCNCC1CCCCN1Cc1noc(CCC)n1. The van der Waals surface area contributed by atoms with E-state index in [2.05, 4.69) is 34.2 Å². The van der Waals surface area contributed by atoms with Crippen molar-refractivity contribution >= 4 is 0 Å². The predicted molar refractivity (Wildman–Crippen MR) is 79.5 cm³/mol. The predicted octanol–water partition coefficient (Wildman–Crippen LogP) is 2.38. The summed E-state index contributed by atoms with van der Waals surface area (Å²) in [6, 6.07) is 0.614. The van der Waals surface area contributed by atoms with E-state index in [-0.39, 0.29) is 0 Å². The van der Waals surface area contributed by atoms with E-state index in [1.807, 2.05) is 0 Å². The second kappa shape index (κ2) is 8.37. The van der Waals surface area contributed by atoms with Crippen LogP contribution in [0.1, 0.15) is 57.7 Å². The van der Waals surface area contributed by atoms with Crippen LogP contribution in [0.4, 0.5) is 0 Å². The van der Waals surface area contributed by atoms with E-state index >= 15 is 0 Å². The van der Waals surface area contributed by atoms with Crippen LogP contribution in [-0.4, -0.2) is 40.7 Å². The van der Waals surface area contributed by atoms with Gasteiger partial charge >= 0.3 is 0 Å². The summed E-state index contributed by atoms with van der Waals surface area (Å²) in [6.07, 6.45) is 7.02. The molecule has 1 aromatic rings. The zero-order chi connectivity index (χ0) is 14.2. The Balaban J connectivity index is 1.86. The maximum atomic E-state index is 5.28. The van der Waals surface area contributed by atoms with Gasteiger partial charge in [0.2, 0.25) is 5.89 Å². The molecule has 1 fully saturated rings. The van der Waals surface area contributed by atoms with Gasteiger partial charge in [0, 0.05) is 19.0 Å². The molecule has 5 heteroatoms. The summed E-state index contributed by atoms with van der Waals surface area (Å²) in [7, 11) is 0. The van der Waals surface area contributed by atoms with Crippen molar-refractivity contribution in [3.63, 3.8) is 0 Å². The molecule has 2 heterocycles. The zero-order valence-electron chi connectivity index (χ0n) is 12.9. The maximum Gasteiger partial charge on any atom is 0.226 e. The van der Waals surface area contributed by atoms with Gasteiger partial charge in [0.25, 0.3) is 0 Å². The van der Waals surface area contributed by atoms with E-state index in [4.69, 9.17) is 4.52 Å². The topological polar surface area (TPSA) is 54.2 Å². The Morgan fingerprint density at radius 2 is 2.20 bits per heavy atom. The first-order chi connectivity index (χ1) is 9.83. The largest absolute Gasteiger partial charge is 0.339 e. The highest BCUT2D eigenvalue weighted by atomic mass is 16.5. The summed E-state index contributed by atoms with van der Waals surface area (Å²) in [5.41, 5.74) is 0. The summed E-state index contributed by atoms with van der Waals surface area (Å²) >= 11 is 0. The smallest absolute Gasteiger partial charge is 0.226 e. The number of rotatable bonds is 8. The van der Waals surface area contributed by atoms with E-state index < -0.39 is 0 Å². The molecule has 0 aliphatic carbocycles. The van der Waals surface area contributed by atoms with Gasteiger partial charge in [-0.25, -0.2) is 0 Å². The average molecular weight is 280 g/mol. The van der Waals surface area contributed by atoms with Gasteiger partial charge in [0.15, 0.2) is 5.82 Å². The number of likely N-dealkylation sites (tertiary alicyclic amines) is 1. The van der Waals surface area contributed by atoms with Gasteiger partial charge in [0.1, 0.15) is 0 Å². The van der Waals surface area contributed by atoms with Crippen molar-refractivity contribution in [2.45, 2.75) is 65.0 Å². The third kappa shape index (κ3) is 4.56. The number of piperidine rings is 1. The van der Waals surface area contributed by atoms with Crippen LogP contribution in [-0.2, 0) is 13.0 Å². The molecule has 1 aliphatic rings. The third-order valence-corrected chi connectivity index (χ3v) is 3.87. The molecule has 1 N–H and O–H groups in total. The molecular weight excluding hydrogens is 252 g/mol. The summed E-state index contributed by atoms with van der Waals surface area (Å²) in [5.74, 6) is 1.62. The highest BCUT2D eigenvalue weighted by Gasteiger charge is 2.23. The van der Waals surface area contributed by atoms with Gasteiger partial charge in [-0.3, -0.25) is 4.90 Å². The Morgan fingerprint density at radius 3 is 3.00 bits per heavy atom. The monoisotopic (exact) mass is 280 g/mol. The Hall–Kier alpha value is -0.940. The minimum absolute atomic E-state index is 0.614. The van der Waals surface area contributed by atoms with E-state index in [1.165, 1.54) is 25.7 Å². The lowest BCUT2D eigenvalue weighted by Gasteiger charge is -2.35. The molecular formula is C15H28N4O. The van der Waals surface area contributed by atoms with Crippen molar-refractivity contribution < 1.29 is 4.52 Å². The zero-order valence-corrected chi connectivity index (χ0v) is 12.9. The Labute approximate surface area is 122 Å². The number of hydrogen-bond acceptors (Lipinski definition) is 5. The lowest BCUT2D eigenvalue weighted by Crippen LogP contribution is -2.45. The molecule has 5 nitrogen and oxygen atoms in total. The molecule has 1 atom stereocenters. The van der Waals surface area contributed by atoms with E-state index in [1.54, 1.807) is 0 Å². The Morgan fingerprint density at radius 1 is 1.30 bits per heavy atom. The van der Waals surface area contributed by atoms with Gasteiger partial charge in [-0.15, -0.1) is 0 Å². The quantitative estimate of drug-likeness (QED) is 0.741. The summed E-state index contributed by atoms with van der Waals surface area (Å²) in [5, 5.41) is 7.65. The maximum absolute atomic E-state index is 5.28. The van der Waals surface area contributed by atoms with Gasteiger partial charge in [-0.05, 0) is 38.8 Å². The molecule has 1 saturated heterocycles. The molecule has 0 aromatic carbocycles. The van der Waals surface area contributed by atoms with Crippen LogP contribution < -0.4 is 5.32 Å². The minimum atomic E-state index is 0.614. The molecule has 1 unspecified atom stereocenters. The molecule has 20 heavy (non-hydrogen) atoms. The fraction of sp³-hybridized carbons (Fsp3) is 0.867. The second-order valence-electron chi connectivity index (χ2n) is 5.68. The van der Waals surface area contributed by atoms with Gasteiger partial charge < -0.3 is 9.84 Å². The first kappa shape index (κ1) is 15.4. The first-order valence-corrected chi connectivity index (χ1v) is 8.09. The number of nitrogens with one attached hydrogen (secondary N) is 1. The van der Waals surface area contributed by atoms with Crippen LogP contribution >= 0.6 is 0 Å². The fourth-order valence-corrected chi connectivity index (χ4v) is 2.80. The molecule has 1 aliphatic heterocycles. The number of hydrogen-bond donors (Lipinski definition) is 1. The fourth-order valence-electron chi connectivity index (χ4n) is 2.80. The van der Waals surface area contributed by atoms with Gasteiger partial charge in [-0.1, -0.05) is 25.4 Å².